The van der Waals surface area contributed by atoms with E-state index in [0.717, 1.165) is 61.5 Å². The van der Waals surface area contributed by atoms with Crippen molar-refractivity contribution in [3.05, 3.63) is 76.2 Å². The van der Waals surface area contributed by atoms with Crippen LogP contribution in [0.3, 0.4) is 0 Å². The van der Waals surface area contributed by atoms with E-state index in [1.54, 1.807) is 13.0 Å². The first-order chi connectivity index (χ1) is 19.8. The minimum atomic E-state index is -1.26. The summed E-state index contributed by atoms with van der Waals surface area (Å²) in [5.74, 6) is -0.112. The predicted molar refractivity (Wildman–Crippen MR) is 170 cm³/mol. The molecule has 8 nitrogen and oxygen atoms in total. The Bertz CT molecular complexity index is 1320. The van der Waals surface area contributed by atoms with Crippen LogP contribution < -0.4 is 15.4 Å². The van der Waals surface area contributed by atoms with Crippen molar-refractivity contribution in [2.75, 3.05) is 31.2 Å². The molecule has 0 spiro atoms. The SMILES string of the molecule is CCO/C(Nc1cccc(-c2cccc(C)c2OCC2=CC(CCNC(C)CP)=C(C)CCC2)n1)=C(/C=N)C(=O)O. The van der Waals surface area contributed by atoms with Gasteiger partial charge in [0.2, 0.25) is 5.88 Å². The lowest BCUT2D eigenvalue weighted by Gasteiger charge is -2.17. The summed E-state index contributed by atoms with van der Waals surface area (Å²) < 4.78 is 12.0. The predicted octanol–water partition coefficient (Wildman–Crippen LogP) is 6.50. The van der Waals surface area contributed by atoms with Gasteiger partial charge in [-0.05, 0) is 101 Å². The molecule has 1 aliphatic carbocycles. The molecule has 1 aliphatic rings. The van der Waals surface area contributed by atoms with Gasteiger partial charge in [-0.3, -0.25) is 0 Å². The smallest absolute Gasteiger partial charge is 0.342 e. The van der Waals surface area contributed by atoms with E-state index >= 15 is 0 Å². The summed E-state index contributed by atoms with van der Waals surface area (Å²) in [4.78, 5) is 16.3. The number of allylic oxidation sites excluding steroid dienone is 2. The van der Waals surface area contributed by atoms with Crippen molar-refractivity contribution in [1.29, 1.82) is 5.41 Å². The molecule has 1 heterocycles. The summed E-state index contributed by atoms with van der Waals surface area (Å²) in [5, 5.41) is 23.5. The van der Waals surface area contributed by atoms with Gasteiger partial charge in [-0.25, -0.2) is 9.78 Å². The third kappa shape index (κ3) is 9.27. The molecule has 4 N–H and O–H groups in total. The molecule has 220 valence electrons. The Morgan fingerprint density at radius 1 is 1.22 bits per heavy atom. The highest BCUT2D eigenvalue weighted by molar-refractivity contribution is 7.16. The van der Waals surface area contributed by atoms with Crippen LogP contribution in [0.5, 0.6) is 5.75 Å². The number of carboxylic acids is 1. The normalized spacial score (nSPS) is 14.9. The van der Waals surface area contributed by atoms with E-state index in [4.69, 9.17) is 19.9 Å². The van der Waals surface area contributed by atoms with Gasteiger partial charge in [0.05, 0.1) is 12.3 Å². The number of carbonyl (C=O) groups is 1. The Hall–Kier alpha value is -3.48. The highest BCUT2D eigenvalue weighted by Gasteiger charge is 2.17. The average molecular weight is 579 g/mol. The molecule has 0 fully saturated rings. The number of aliphatic carboxylic acids is 1. The first-order valence-corrected chi connectivity index (χ1v) is 15.0. The van der Waals surface area contributed by atoms with E-state index in [1.807, 2.05) is 37.3 Å². The molecule has 2 atom stereocenters. The molecule has 0 radical (unpaired) electrons. The van der Waals surface area contributed by atoms with Gasteiger partial charge in [-0.15, -0.1) is 9.24 Å². The Kier molecular flexibility index (Phi) is 12.6. The Morgan fingerprint density at radius 2 is 2.00 bits per heavy atom. The maximum atomic E-state index is 11.6. The van der Waals surface area contributed by atoms with E-state index < -0.39 is 5.97 Å². The molecule has 1 aromatic heterocycles. The fraction of sp³-hybridized carbons (Fsp3) is 0.406. The second-order valence-corrected chi connectivity index (χ2v) is 10.7. The summed E-state index contributed by atoms with van der Waals surface area (Å²) in [6.07, 6.45) is 8.34. The quantitative estimate of drug-likeness (QED) is 0.0825. The molecular formula is C32H43N4O4P. The van der Waals surface area contributed by atoms with Crippen LogP contribution in [0.1, 0.15) is 52.0 Å². The topological polar surface area (TPSA) is 117 Å². The lowest BCUT2D eigenvalue weighted by molar-refractivity contribution is -0.132. The zero-order valence-electron chi connectivity index (χ0n) is 24.5. The van der Waals surface area contributed by atoms with Crippen LogP contribution in [0.4, 0.5) is 5.82 Å². The van der Waals surface area contributed by atoms with Gasteiger partial charge < -0.3 is 30.6 Å². The van der Waals surface area contributed by atoms with E-state index in [2.05, 4.69) is 39.8 Å². The van der Waals surface area contributed by atoms with Gasteiger partial charge in [0.1, 0.15) is 23.7 Å². The van der Waals surface area contributed by atoms with Crippen LogP contribution in [0.25, 0.3) is 11.3 Å². The van der Waals surface area contributed by atoms with Crippen LogP contribution in [-0.4, -0.2) is 54.2 Å². The van der Waals surface area contributed by atoms with Crippen molar-refractivity contribution < 1.29 is 19.4 Å². The van der Waals surface area contributed by atoms with Crippen LogP contribution in [0.2, 0.25) is 0 Å². The fourth-order valence-electron chi connectivity index (χ4n) is 4.65. The average Bonchev–Trinajstić information content (AvgIpc) is 3.13. The van der Waals surface area contributed by atoms with Crippen molar-refractivity contribution in [2.45, 2.75) is 59.4 Å². The molecule has 9 heteroatoms. The number of anilines is 1. The van der Waals surface area contributed by atoms with Gasteiger partial charge in [-0.1, -0.05) is 29.8 Å². The minimum absolute atomic E-state index is 0.0296. The lowest BCUT2D eigenvalue weighted by Crippen LogP contribution is -2.28. The molecule has 0 saturated carbocycles. The number of rotatable bonds is 15. The highest BCUT2D eigenvalue weighted by atomic mass is 31.0. The molecule has 3 rings (SSSR count). The largest absolute Gasteiger partial charge is 0.488 e. The number of nitrogens with zero attached hydrogens (tertiary/aromatic N) is 1. The van der Waals surface area contributed by atoms with Crippen molar-refractivity contribution in [2.24, 2.45) is 0 Å². The minimum Gasteiger partial charge on any atom is -0.488 e. The second kappa shape index (κ2) is 16.1. The number of carboxylic acid groups (broad SMARTS) is 1. The second-order valence-electron chi connectivity index (χ2n) is 10.2. The number of hydrogen-bond acceptors (Lipinski definition) is 7. The zero-order valence-corrected chi connectivity index (χ0v) is 25.7. The molecule has 2 unspecified atom stereocenters. The molecule has 2 aromatic rings. The van der Waals surface area contributed by atoms with E-state index in [9.17, 15) is 9.90 Å². The molecule has 1 aromatic carbocycles. The molecular weight excluding hydrogens is 535 g/mol. The maximum Gasteiger partial charge on any atom is 0.342 e. The first kappa shape index (κ1) is 32.0. The van der Waals surface area contributed by atoms with Gasteiger partial charge in [0.15, 0.2) is 0 Å². The third-order valence-corrected chi connectivity index (χ3v) is 7.71. The van der Waals surface area contributed by atoms with Crippen molar-refractivity contribution in [3.8, 4) is 17.0 Å². The van der Waals surface area contributed by atoms with Gasteiger partial charge in [0, 0.05) is 17.8 Å². The highest BCUT2D eigenvalue weighted by Crippen LogP contribution is 2.34. The van der Waals surface area contributed by atoms with E-state index in [-0.39, 0.29) is 18.1 Å². The van der Waals surface area contributed by atoms with Crippen LogP contribution in [0.15, 0.2) is 70.6 Å². The molecule has 0 saturated heterocycles. The number of para-hydroxylation sites is 1. The van der Waals surface area contributed by atoms with Crippen LogP contribution in [0, 0.1) is 12.3 Å². The van der Waals surface area contributed by atoms with E-state index in [0.29, 0.717) is 24.2 Å². The molecule has 41 heavy (non-hydrogen) atoms. The molecule has 0 bridgehead atoms. The maximum absolute atomic E-state index is 11.6. The molecule has 0 amide bonds. The standard InChI is InChI=1S/C32H43N4O4P/c1-5-39-31(27(18-33)32(37)38)36-29-14-8-13-28(35-29)26-12-7-10-22(3)30(26)40-19-24-11-6-9-21(2)25(17-24)15-16-34-23(4)20-41/h7-8,10,12-14,17-18,23,33-34H,5-6,9,11,15-16,19-20,41H2,1-4H3,(H,35,36)(H,37,38)/b31-27-,33-18?. The number of hydrogen-bond donors (Lipinski definition) is 4. The van der Waals surface area contributed by atoms with Crippen molar-refractivity contribution >= 4 is 27.2 Å². The molecule has 0 aliphatic heterocycles. The summed E-state index contributed by atoms with van der Waals surface area (Å²) in [6.45, 7) is 9.92. The number of pyridine rings is 1. The van der Waals surface area contributed by atoms with Crippen LogP contribution in [-0.2, 0) is 9.53 Å². The Morgan fingerprint density at radius 3 is 2.71 bits per heavy atom. The third-order valence-electron chi connectivity index (χ3n) is 7.01. The van der Waals surface area contributed by atoms with Crippen molar-refractivity contribution in [1.82, 2.24) is 10.3 Å². The summed E-state index contributed by atoms with van der Waals surface area (Å²) >= 11 is 0. The van der Waals surface area contributed by atoms with Gasteiger partial charge in [-0.2, -0.15) is 0 Å². The van der Waals surface area contributed by atoms with Gasteiger partial charge in [0.25, 0.3) is 0 Å². The summed E-state index contributed by atoms with van der Waals surface area (Å²) in [5.41, 5.74) is 6.39. The zero-order chi connectivity index (χ0) is 29.8. The van der Waals surface area contributed by atoms with Gasteiger partial charge >= 0.3 is 5.97 Å². The first-order valence-electron chi connectivity index (χ1n) is 14.2. The lowest BCUT2D eigenvalue weighted by atomic mass is 10.0. The number of benzene rings is 1. The number of nitrogens with one attached hydrogen (secondary N) is 3. The summed E-state index contributed by atoms with van der Waals surface area (Å²) in [7, 11) is 2.79. The number of ether oxygens (including phenoxy) is 2. The Labute approximate surface area is 246 Å². The fourth-order valence-corrected chi connectivity index (χ4v) is 4.82. The van der Waals surface area contributed by atoms with Crippen molar-refractivity contribution in [3.63, 3.8) is 0 Å². The Balaban J connectivity index is 1.84. The van der Waals surface area contributed by atoms with E-state index in [1.165, 1.54) is 16.7 Å². The number of aromatic nitrogens is 1. The summed E-state index contributed by atoms with van der Waals surface area (Å²) in [6, 6.07) is 11.9. The van der Waals surface area contributed by atoms with Crippen LogP contribution >= 0.6 is 9.24 Å². The monoisotopic (exact) mass is 578 g/mol. The number of aryl methyl sites for hydroxylation is 1.